The molecule has 0 spiro atoms. The van der Waals surface area contributed by atoms with Gasteiger partial charge >= 0.3 is 0 Å². The Kier molecular flexibility index (Phi) is 4.22. The van der Waals surface area contributed by atoms with E-state index in [0.29, 0.717) is 27.2 Å². The predicted octanol–water partition coefficient (Wildman–Crippen LogP) is 3.05. The fourth-order valence-electron chi connectivity index (χ4n) is 1.90. The molecule has 1 amide bonds. The molecule has 2 aromatic rings. The topological polar surface area (TPSA) is 89.0 Å². The van der Waals surface area contributed by atoms with Crippen LogP contribution >= 0.6 is 24.0 Å². The van der Waals surface area contributed by atoms with Crippen LogP contribution in [0.5, 0.6) is 0 Å². The third-order valence-electron chi connectivity index (χ3n) is 3.02. The molecule has 1 aliphatic heterocycles. The molecule has 0 aliphatic carbocycles. The molecular weight excluding hydrogens is 338 g/mol. The van der Waals surface area contributed by atoms with Crippen molar-refractivity contribution in [1.82, 2.24) is 5.01 Å². The van der Waals surface area contributed by atoms with Crippen LogP contribution in [0.2, 0.25) is 0 Å². The molecule has 1 aliphatic rings. The Morgan fingerprint density at radius 3 is 2.65 bits per heavy atom. The van der Waals surface area contributed by atoms with Crippen molar-refractivity contribution in [1.29, 1.82) is 0 Å². The summed E-state index contributed by atoms with van der Waals surface area (Å²) in [5.74, 6) is 1.12. The van der Waals surface area contributed by atoms with Crippen LogP contribution in [0.1, 0.15) is 5.76 Å². The molecule has 23 heavy (non-hydrogen) atoms. The SMILES string of the molecule is O=C1CSC(=S)N1/N=C/c1ccc(-c2ccc([N+](=O)[O-])cc2)o1. The second kappa shape index (κ2) is 6.31. The average molecular weight is 347 g/mol. The van der Waals surface area contributed by atoms with Gasteiger partial charge in [0.05, 0.1) is 16.9 Å². The standard InChI is InChI=1S/C14H9N3O4S2/c18-13-8-23-14(22)16(13)15-7-11-5-6-12(21-11)9-1-3-10(4-2-9)17(19)20/h1-7H,8H2/b15-7+. The van der Waals surface area contributed by atoms with Gasteiger partial charge in [0, 0.05) is 17.7 Å². The van der Waals surface area contributed by atoms with Crippen molar-refractivity contribution in [3.05, 3.63) is 52.3 Å². The minimum Gasteiger partial charge on any atom is -0.455 e. The molecule has 1 saturated heterocycles. The summed E-state index contributed by atoms with van der Waals surface area (Å²) in [4.78, 5) is 21.7. The molecule has 0 atom stereocenters. The minimum absolute atomic E-state index is 0.0145. The zero-order chi connectivity index (χ0) is 16.4. The number of thiocarbonyl (C=S) groups is 1. The lowest BCUT2D eigenvalue weighted by Crippen LogP contribution is -2.22. The largest absolute Gasteiger partial charge is 0.455 e. The van der Waals surface area contributed by atoms with E-state index in [4.69, 9.17) is 16.6 Å². The number of rotatable bonds is 4. The number of non-ortho nitro benzene ring substituents is 1. The highest BCUT2D eigenvalue weighted by molar-refractivity contribution is 8.23. The van der Waals surface area contributed by atoms with Crippen molar-refractivity contribution >= 4 is 46.1 Å². The third-order valence-corrected chi connectivity index (χ3v) is 4.36. The summed E-state index contributed by atoms with van der Waals surface area (Å²) in [5.41, 5.74) is 0.722. The molecule has 1 aromatic carbocycles. The predicted molar refractivity (Wildman–Crippen MR) is 90.3 cm³/mol. The summed E-state index contributed by atoms with van der Waals surface area (Å²) < 4.78 is 6.00. The van der Waals surface area contributed by atoms with E-state index in [-0.39, 0.29) is 11.6 Å². The number of carbonyl (C=O) groups excluding carboxylic acids is 1. The van der Waals surface area contributed by atoms with Gasteiger partial charge in [-0.2, -0.15) is 10.1 Å². The molecule has 0 N–H and O–H groups in total. The normalized spacial score (nSPS) is 14.9. The average Bonchev–Trinajstić information content (AvgIpc) is 3.13. The summed E-state index contributed by atoms with van der Waals surface area (Å²) in [5, 5.41) is 15.8. The highest BCUT2D eigenvalue weighted by atomic mass is 32.2. The Morgan fingerprint density at radius 1 is 1.30 bits per heavy atom. The summed E-state index contributed by atoms with van der Waals surface area (Å²) in [6, 6.07) is 9.44. The number of hydrogen-bond donors (Lipinski definition) is 0. The number of nitrogens with zero attached hydrogens (tertiary/aromatic N) is 3. The second-order valence-corrected chi connectivity index (χ2v) is 6.12. The van der Waals surface area contributed by atoms with Gasteiger partial charge in [-0.1, -0.05) is 24.0 Å². The van der Waals surface area contributed by atoms with E-state index in [1.807, 2.05) is 0 Å². The quantitative estimate of drug-likeness (QED) is 0.365. The molecule has 7 nitrogen and oxygen atoms in total. The molecule has 1 fully saturated rings. The number of nitro groups is 1. The number of hydrogen-bond acceptors (Lipinski definition) is 7. The van der Waals surface area contributed by atoms with Crippen molar-refractivity contribution in [3.8, 4) is 11.3 Å². The van der Waals surface area contributed by atoms with Gasteiger partial charge in [0.25, 0.3) is 11.6 Å². The monoisotopic (exact) mass is 347 g/mol. The van der Waals surface area contributed by atoms with Gasteiger partial charge in [0.1, 0.15) is 11.5 Å². The smallest absolute Gasteiger partial charge is 0.269 e. The van der Waals surface area contributed by atoms with Crippen LogP contribution < -0.4 is 0 Å². The maximum Gasteiger partial charge on any atom is 0.269 e. The lowest BCUT2D eigenvalue weighted by Gasteiger charge is -2.05. The first-order valence-electron chi connectivity index (χ1n) is 6.43. The molecule has 116 valence electrons. The second-order valence-electron chi connectivity index (χ2n) is 4.51. The van der Waals surface area contributed by atoms with Crippen LogP contribution in [0.25, 0.3) is 11.3 Å². The number of furan rings is 1. The van der Waals surface area contributed by atoms with Gasteiger partial charge in [-0.05, 0) is 24.3 Å². The fraction of sp³-hybridized carbons (Fsp3) is 0.0714. The van der Waals surface area contributed by atoms with Crippen molar-refractivity contribution < 1.29 is 14.1 Å². The number of benzene rings is 1. The van der Waals surface area contributed by atoms with E-state index in [0.717, 1.165) is 5.01 Å². The fourth-order valence-corrected chi connectivity index (χ4v) is 2.86. The summed E-state index contributed by atoms with van der Waals surface area (Å²) in [6.07, 6.45) is 1.41. The Balaban J connectivity index is 1.76. The van der Waals surface area contributed by atoms with Crippen molar-refractivity contribution in [2.45, 2.75) is 0 Å². The molecule has 0 saturated carbocycles. The van der Waals surface area contributed by atoms with E-state index in [2.05, 4.69) is 5.10 Å². The van der Waals surface area contributed by atoms with Gasteiger partial charge in [0.15, 0.2) is 4.32 Å². The first-order valence-corrected chi connectivity index (χ1v) is 7.82. The molecule has 2 heterocycles. The molecule has 3 rings (SSSR count). The molecular formula is C14H9N3O4S2. The van der Waals surface area contributed by atoms with Gasteiger partial charge in [-0.25, -0.2) is 0 Å². The van der Waals surface area contributed by atoms with Crippen LogP contribution in [0.4, 0.5) is 5.69 Å². The van der Waals surface area contributed by atoms with Gasteiger partial charge < -0.3 is 4.42 Å². The van der Waals surface area contributed by atoms with Crippen LogP contribution in [-0.2, 0) is 4.79 Å². The van der Waals surface area contributed by atoms with Crippen LogP contribution in [-0.4, -0.2) is 32.1 Å². The Labute approximate surface area is 140 Å². The highest BCUT2D eigenvalue weighted by Crippen LogP contribution is 2.24. The Bertz CT molecular complexity index is 798. The number of carbonyl (C=O) groups is 1. The highest BCUT2D eigenvalue weighted by Gasteiger charge is 2.26. The molecule has 0 bridgehead atoms. The van der Waals surface area contributed by atoms with Crippen molar-refractivity contribution in [2.75, 3.05) is 5.75 Å². The number of thioether (sulfide) groups is 1. The first-order chi connectivity index (χ1) is 11.0. The minimum atomic E-state index is -0.460. The van der Waals surface area contributed by atoms with Gasteiger partial charge in [-0.15, -0.1) is 0 Å². The lowest BCUT2D eigenvalue weighted by molar-refractivity contribution is -0.384. The Hall–Kier alpha value is -2.52. The van der Waals surface area contributed by atoms with Crippen molar-refractivity contribution in [2.24, 2.45) is 5.10 Å². The Morgan fingerprint density at radius 2 is 2.04 bits per heavy atom. The third kappa shape index (κ3) is 3.30. The first kappa shape index (κ1) is 15.4. The summed E-state index contributed by atoms with van der Waals surface area (Å²) in [6.45, 7) is 0. The maximum absolute atomic E-state index is 11.5. The molecule has 0 radical (unpaired) electrons. The van der Waals surface area contributed by atoms with E-state index in [9.17, 15) is 14.9 Å². The number of nitro benzene ring substituents is 1. The summed E-state index contributed by atoms with van der Waals surface area (Å²) >= 11 is 6.28. The molecule has 1 aromatic heterocycles. The van der Waals surface area contributed by atoms with Crippen molar-refractivity contribution in [3.63, 3.8) is 0 Å². The zero-order valence-corrected chi connectivity index (χ0v) is 13.2. The zero-order valence-electron chi connectivity index (χ0n) is 11.5. The van der Waals surface area contributed by atoms with E-state index in [1.165, 1.54) is 30.1 Å². The van der Waals surface area contributed by atoms with E-state index >= 15 is 0 Å². The van der Waals surface area contributed by atoms with E-state index in [1.54, 1.807) is 24.3 Å². The maximum atomic E-state index is 11.5. The van der Waals surface area contributed by atoms with Gasteiger partial charge in [0.2, 0.25) is 0 Å². The molecule has 0 unspecified atom stereocenters. The van der Waals surface area contributed by atoms with Crippen LogP contribution in [0.3, 0.4) is 0 Å². The van der Waals surface area contributed by atoms with Crippen LogP contribution in [0, 0.1) is 10.1 Å². The van der Waals surface area contributed by atoms with Gasteiger partial charge in [-0.3, -0.25) is 14.9 Å². The van der Waals surface area contributed by atoms with Crippen LogP contribution in [0.15, 0.2) is 45.9 Å². The number of amides is 1. The molecule has 9 heteroatoms. The number of hydrazone groups is 1. The lowest BCUT2D eigenvalue weighted by atomic mass is 10.1. The van der Waals surface area contributed by atoms with E-state index < -0.39 is 4.92 Å². The summed E-state index contributed by atoms with van der Waals surface area (Å²) in [7, 11) is 0.